The number of piperazine rings is 1. The van der Waals surface area contributed by atoms with E-state index in [0.29, 0.717) is 18.0 Å². The highest BCUT2D eigenvalue weighted by atomic mass is 32.1. The van der Waals surface area contributed by atoms with Gasteiger partial charge in [0.25, 0.3) is 5.91 Å². The van der Waals surface area contributed by atoms with Gasteiger partial charge < -0.3 is 14.7 Å². The maximum Gasteiger partial charge on any atom is 0.254 e. The van der Waals surface area contributed by atoms with Gasteiger partial charge in [0, 0.05) is 43.2 Å². The summed E-state index contributed by atoms with van der Waals surface area (Å²) in [5.41, 5.74) is 1.56. The Labute approximate surface area is 183 Å². The zero-order valence-electron chi connectivity index (χ0n) is 18.1. The lowest BCUT2D eigenvalue weighted by molar-refractivity contribution is -0.136. The molecule has 6 heteroatoms. The lowest BCUT2D eigenvalue weighted by Gasteiger charge is -2.44. The van der Waals surface area contributed by atoms with E-state index in [-0.39, 0.29) is 23.8 Å². The third kappa shape index (κ3) is 3.91. The van der Waals surface area contributed by atoms with Gasteiger partial charge in [0.05, 0.1) is 12.0 Å². The van der Waals surface area contributed by atoms with Crippen LogP contribution in [0.25, 0.3) is 0 Å². The third-order valence-electron chi connectivity index (χ3n) is 6.23. The molecule has 2 aromatic rings. The minimum atomic E-state index is -0.357. The SMILES string of the molecule is CCN1CCN(C(=O)[C@H]2c3ccccc3C(=O)N(CC(C)C)[C@@H]2c2cccs2)CC1. The van der Waals surface area contributed by atoms with Gasteiger partial charge in [-0.2, -0.15) is 0 Å². The van der Waals surface area contributed by atoms with E-state index in [2.05, 4.69) is 31.7 Å². The molecule has 0 saturated carbocycles. The lowest BCUT2D eigenvalue weighted by Crippen LogP contribution is -2.53. The number of carbonyl (C=O) groups is 2. The first-order valence-corrected chi connectivity index (χ1v) is 11.8. The first-order valence-electron chi connectivity index (χ1n) is 11.0. The third-order valence-corrected chi connectivity index (χ3v) is 7.18. The van der Waals surface area contributed by atoms with Crippen molar-refractivity contribution in [2.24, 2.45) is 5.92 Å². The van der Waals surface area contributed by atoms with Gasteiger partial charge in [0.2, 0.25) is 5.91 Å². The van der Waals surface area contributed by atoms with Crippen LogP contribution in [0, 0.1) is 5.92 Å². The first-order chi connectivity index (χ1) is 14.5. The summed E-state index contributed by atoms with van der Waals surface area (Å²) >= 11 is 1.64. The van der Waals surface area contributed by atoms with E-state index < -0.39 is 0 Å². The fraction of sp³-hybridized carbons (Fsp3) is 0.500. The molecule has 0 spiro atoms. The molecule has 0 N–H and O–H groups in total. The number of thiophene rings is 1. The van der Waals surface area contributed by atoms with E-state index in [4.69, 9.17) is 0 Å². The molecule has 2 amide bonds. The summed E-state index contributed by atoms with van der Waals surface area (Å²) in [6, 6.07) is 11.5. The molecule has 2 aliphatic rings. The van der Waals surface area contributed by atoms with Gasteiger partial charge in [0.15, 0.2) is 0 Å². The second-order valence-corrected chi connectivity index (χ2v) is 9.62. The number of nitrogens with zero attached hydrogens (tertiary/aromatic N) is 3. The summed E-state index contributed by atoms with van der Waals surface area (Å²) in [7, 11) is 0. The first kappa shape index (κ1) is 21.1. The van der Waals surface area contributed by atoms with Crippen LogP contribution in [0.4, 0.5) is 0 Å². The highest BCUT2D eigenvalue weighted by molar-refractivity contribution is 7.10. The molecule has 0 bridgehead atoms. The van der Waals surface area contributed by atoms with Crippen LogP contribution >= 0.6 is 11.3 Å². The summed E-state index contributed by atoms with van der Waals surface area (Å²) in [6.07, 6.45) is 0. The molecular weight excluding hydrogens is 394 g/mol. The number of hydrogen-bond donors (Lipinski definition) is 0. The number of fused-ring (bicyclic) bond motifs is 1. The van der Waals surface area contributed by atoms with Crippen molar-refractivity contribution in [3.63, 3.8) is 0 Å². The average molecular weight is 426 g/mol. The van der Waals surface area contributed by atoms with Crippen LogP contribution in [0.5, 0.6) is 0 Å². The number of hydrogen-bond acceptors (Lipinski definition) is 4. The molecule has 160 valence electrons. The Kier molecular flexibility index (Phi) is 6.25. The monoisotopic (exact) mass is 425 g/mol. The Morgan fingerprint density at radius 3 is 2.47 bits per heavy atom. The van der Waals surface area contributed by atoms with E-state index in [1.807, 2.05) is 45.5 Å². The number of carbonyl (C=O) groups excluding carboxylic acids is 2. The topological polar surface area (TPSA) is 43.9 Å². The molecule has 0 radical (unpaired) electrons. The Morgan fingerprint density at radius 2 is 1.83 bits per heavy atom. The number of likely N-dealkylation sites (N-methyl/N-ethyl adjacent to an activating group) is 1. The standard InChI is InChI=1S/C24H31N3O2S/c1-4-25-11-13-26(14-12-25)24(29)21-18-8-5-6-9-19(18)23(28)27(16-17(2)3)22(21)20-10-7-15-30-20/h5-10,15,17,21-22H,4,11-14,16H2,1-3H3/t21-,22+/m0/s1. The highest BCUT2D eigenvalue weighted by Gasteiger charge is 2.46. The second kappa shape index (κ2) is 8.90. The van der Waals surface area contributed by atoms with Crippen molar-refractivity contribution in [2.45, 2.75) is 32.7 Å². The predicted molar refractivity (Wildman–Crippen MR) is 121 cm³/mol. The van der Waals surface area contributed by atoms with E-state index >= 15 is 0 Å². The lowest BCUT2D eigenvalue weighted by atomic mass is 9.80. The van der Waals surface area contributed by atoms with Crippen molar-refractivity contribution in [3.8, 4) is 0 Å². The second-order valence-electron chi connectivity index (χ2n) is 8.64. The van der Waals surface area contributed by atoms with Crippen molar-refractivity contribution in [3.05, 3.63) is 57.8 Å². The number of benzene rings is 1. The summed E-state index contributed by atoms with van der Waals surface area (Å²) in [5, 5.41) is 2.04. The summed E-state index contributed by atoms with van der Waals surface area (Å²) in [5.74, 6) is 0.158. The average Bonchev–Trinajstić information content (AvgIpc) is 3.29. The minimum absolute atomic E-state index is 0.0394. The van der Waals surface area contributed by atoms with Crippen LogP contribution in [0.2, 0.25) is 0 Å². The van der Waals surface area contributed by atoms with Gasteiger partial charge in [-0.15, -0.1) is 11.3 Å². The molecule has 1 aromatic carbocycles. The van der Waals surface area contributed by atoms with Crippen molar-refractivity contribution >= 4 is 23.2 Å². The van der Waals surface area contributed by atoms with Gasteiger partial charge >= 0.3 is 0 Å². The van der Waals surface area contributed by atoms with Crippen LogP contribution in [-0.2, 0) is 4.79 Å². The maximum atomic E-state index is 13.9. The molecule has 2 atom stereocenters. The van der Waals surface area contributed by atoms with Crippen LogP contribution in [0.3, 0.4) is 0 Å². The molecule has 0 unspecified atom stereocenters. The number of amides is 2. The Balaban J connectivity index is 1.77. The zero-order valence-corrected chi connectivity index (χ0v) is 18.9. The Hall–Kier alpha value is -2.18. The fourth-order valence-electron chi connectivity index (χ4n) is 4.71. The Morgan fingerprint density at radius 1 is 1.10 bits per heavy atom. The minimum Gasteiger partial charge on any atom is -0.340 e. The molecule has 1 saturated heterocycles. The van der Waals surface area contributed by atoms with Gasteiger partial charge in [0.1, 0.15) is 0 Å². The molecule has 1 aromatic heterocycles. The summed E-state index contributed by atoms with van der Waals surface area (Å²) in [4.78, 5) is 34.8. The molecule has 1 fully saturated rings. The van der Waals surface area contributed by atoms with Gasteiger partial charge in [-0.3, -0.25) is 9.59 Å². The van der Waals surface area contributed by atoms with Crippen molar-refractivity contribution in [1.82, 2.24) is 14.7 Å². The van der Waals surface area contributed by atoms with E-state index in [9.17, 15) is 9.59 Å². The van der Waals surface area contributed by atoms with Crippen LogP contribution < -0.4 is 0 Å². The van der Waals surface area contributed by atoms with Crippen molar-refractivity contribution in [1.29, 1.82) is 0 Å². The molecule has 2 aliphatic heterocycles. The summed E-state index contributed by atoms with van der Waals surface area (Å²) < 4.78 is 0. The van der Waals surface area contributed by atoms with Gasteiger partial charge in [-0.25, -0.2) is 0 Å². The van der Waals surface area contributed by atoms with Crippen LogP contribution in [0.15, 0.2) is 41.8 Å². The Bertz CT molecular complexity index is 888. The normalized spacial score (nSPS) is 22.5. The fourth-order valence-corrected chi connectivity index (χ4v) is 5.58. The maximum absolute atomic E-state index is 13.9. The molecular formula is C24H31N3O2S. The summed E-state index contributed by atoms with van der Waals surface area (Å²) in [6.45, 7) is 11.4. The zero-order chi connectivity index (χ0) is 21.3. The molecule has 4 rings (SSSR count). The van der Waals surface area contributed by atoms with E-state index in [1.54, 1.807) is 11.3 Å². The predicted octanol–water partition coefficient (Wildman–Crippen LogP) is 3.85. The van der Waals surface area contributed by atoms with Crippen molar-refractivity contribution < 1.29 is 9.59 Å². The van der Waals surface area contributed by atoms with Gasteiger partial charge in [-0.05, 0) is 35.5 Å². The molecule has 30 heavy (non-hydrogen) atoms. The number of rotatable bonds is 5. The molecule has 5 nitrogen and oxygen atoms in total. The van der Waals surface area contributed by atoms with Crippen LogP contribution in [-0.4, -0.2) is 65.8 Å². The smallest absolute Gasteiger partial charge is 0.254 e. The van der Waals surface area contributed by atoms with Crippen LogP contribution in [0.1, 0.15) is 53.5 Å². The van der Waals surface area contributed by atoms with Gasteiger partial charge in [-0.1, -0.05) is 45.0 Å². The van der Waals surface area contributed by atoms with Crippen molar-refractivity contribution in [2.75, 3.05) is 39.3 Å². The van der Waals surface area contributed by atoms with E-state index in [0.717, 1.165) is 43.2 Å². The highest BCUT2D eigenvalue weighted by Crippen LogP contribution is 2.45. The van der Waals surface area contributed by atoms with E-state index in [1.165, 1.54) is 0 Å². The quantitative estimate of drug-likeness (QED) is 0.731. The largest absolute Gasteiger partial charge is 0.340 e. The molecule has 3 heterocycles. The molecule has 0 aliphatic carbocycles.